The molecule has 1 unspecified atom stereocenters. The molecule has 0 radical (unpaired) electrons. The van der Waals surface area contributed by atoms with Crippen molar-refractivity contribution in [1.29, 1.82) is 0 Å². The Morgan fingerprint density at radius 1 is 1.52 bits per heavy atom. The van der Waals surface area contributed by atoms with Crippen molar-refractivity contribution in [3.05, 3.63) is 23.8 Å². The second-order valence-electron chi connectivity index (χ2n) is 4.50. The lowest BCUT2D eigenvalue weighted by Crippen LogP contribution is -2.26. The lowest BCUT2D eigenvalue weighted by Gasteiger charge is -2.05. The molecule has 0 saturated carbocycles. The largest absolute Gasteiger partial charge is 0.504 e. The van der Waals surface area contributed by atoms with E-state index >= 15 is 0 Å². The number of thioether (sulfide) groups is 1. The topological polar surface area (TPSA) is 121 Å². The van der Waals surface area contributed by atoms with Crippen molar-refractivity contribution in [1.82, 2.24) is 5.32 Å². The molecule has 0 aliphatic carbocycles. The van der Waals surface area contributed by atoms with Crippen LogP contribution in [0.2, 0.25) is 0 Å². The molecule has 1 atom stereocenters. The van der Waals surface area contributed by atoms with Crippen LogP contribution in [-0.4, -0.2) is 45.3 Å². The van der Waals surface area contributed by atoms with Gasteiger partial charge in [-0.2, -0.15) is 5.10 Å². The fourth-order valence-electron chi connectivity index (χ4n) is 1.78. The van der Waals surface area contributed by atoms with Crippen LogP contribution in [0.15, 0.2) is 28.4 Å². The molecule has 0 bridgehead atoms. The summed E-state index contributed by atoms with van der Waals surface area (Å²) in [6.07, 6.45) is 1.17. The van der Waals surface area contributed by atoms with Crippen molar-refractivity contribution in [3.8, 4) is 11.5 Å². The predicted octanol–water partition coefficient (Wildman–Crippen LogP) is 1.19. The van der Waals surface area contributed by atoms with E-state index in [1.807, 2.05) is 0 Å². The molecule has 1 amide bonds. The third-order valence-electron chi connectivity index (χ3n) is 2.78. The number of rotatable bonds is 6. The molecule has 1 aromatic rings. The van der Waals surface area contributed by atoms with Crippen LogP contribution in [0.1, 0.15) is 18.9 Å². The lowest BCUT2D eigenvalue weighted by molar-refractivity contribution is -0.138. The highest BCUT2D eigenvalue weighted by molar-refractivity contribution is 8.15. The van der Waals surface area contributed by atoms with E-state index in [9.17, 15) is 14.7 Å². The average molecular weight is 337 g/mol. The maximum Gasteiger partial charge on any atom is 0.305 e. The van der Waals surface area contributed by atoms with Crippen LogP contribution in [0.4, 0.5) is 0 Å². The number of hydrogen-bond acceptors (Lipinski definition) is 7. The van der Waals surface area contributed by atoms with Gasteiger partial charge in [0.25, 0.3) is 0 Å². The minimum atomic E-state index is -1.05. The van der Waals surface area contributed by atoms with Crippen molar-refractivity contribution in [2.24, 2.45) is 10.2 Å². The third-order valence-corrected chi connectivity index (χ3v) is 3.85. The van der Waals surface area contributed by atoms with Gasteiger partial charge in [0.15, 0.2) is 16.7 Å². The van der Waals surface area contributed by atoms with E-state index in [0.717, 1.165) is 11.8 Å². The summed E-state index contributed by atoms with van der Waals surface area (Å²) >= 11 is 1.03. The summed E-state index contributed by atoms with van der Waals surface area (Å²) in [4.78, 5) is 22.2. The van der Waals surface area contributed by atoms with Gasteiger partial charge in [0.05, 0.1) is 19.2 Å². The summed E-state index contributed by atoms with van der Waals surface area (Å²) in [7, 11) is 0. The van der Waals surface area contributed by atoms with Crippen molar-refractivity contribution in [2.45, 2.75) is 18.6 Å². The fraction of sp³-hybridized carbons (Fsp3) is 0.286. The molecular weight excluding hydrogens is 322 g/mol. The van der Waals surface area contributed by atoms with Crippen LogP contribution in [0.25, 0.3) is 0 Å². The highest BCUT2D eigenvalue weighted by atomic mass is 32.2. The van der Waals surface area contributed by atoms with Gasteiger partial charge < -0.3 is 20.3 Å². The standard InChI is InChI=1S/C14H15N3O5S/c1-2-22-10-5-8(3-4-9(10)18)7-15-17-14-16-13(21)11(23-14)6-12(19)20/h3-5,7,11,18H,2,6H2,1H3,(H,19,20)(H,16,17,21)/b15-7-. The maximum atomic E-state index is 11.5. The molecule has 3 N–H and O–H groups in total. The Morgan fingerprint density at radius 2 is 2.30 bits per heavy atom. The number of aliphatic carboxylic acids is 1. The fourth-order valence-corrected chi connectivity index (χ4v) is 2.69. The minimum absolute atomic E-state index is 0.0328. The Kier molecular flexibility index (Phi) is 5.58. The van der Waals surface area contributed by atoms with E-state index in [1.165, 1.54) is 12.3 Å². The maximum absolute atomic E-state index is 11.5. The van der Waals surface area contributed by atoms with Crippen LogP contribution in [-0.2, 0) is 9.59 Å². The van der Waals surface area contributed by atoms with Crippen LogP contribution in [0.5, 0.6) is 11.5 Å². The number of carboxylic acids is 1. The van der Waals surface area contributed by atoms with Crippen molar-refractivity contribution in [3.63, 3.8) is 0 Å². The number of phenols is 1. The molecule has 23 heavy (non-hydrogen) atoms. The zero-order chi connectivity index (χ0) is 16.8. The van der Waals surface area contributed by atoms with Crippen molar-refractivity contribution in [2.75, 3.05) is 6.61 Å². The van der Waals surface area contributed by atoms with Gasteiger partial charge in [0, 0.05) is 0 Å². The normalized spacial score (nSPS) is 19.3. The van der Waals surface area contributed by atoms with Gasteiger partial charge >= 0.3 is 5.97 Å². The Labute approximate surface area is 136 Å². The molecule has 1 saturated heterocycles. The highest BCUT2D eigenvalue weighted by Crippen LogP contribution is 2.26. The molecule has 9 heteroatoms. The number of ether oxygens (including phenoxy) is 1. The predicted molar refractivity (Wildman–Crippen MR) is 86.1 cm³/mol. The van der Waals surface area contributed by atoms with E-state index < -0.39 is 17.1 Å². The lowest BCUT2D eigenvalue weighted by atomic mass is 10.2. The van der Waals surface area contributed by atoms with Crippen LogP contribution in [0.3, 0.4) is 0 Å². The summed E-state index contributed by atoms with van der Waals surface area (Å²) in [6, 6.07) is 4.72. The number of carboxylic acid groups (broad SMARTS) is 1. The van der Waals surface area contributed by atoms with Gasteiger partial charge in [-0.3, -0.25) is 9.59 Å². The van der Waals surface area contributed by atoms with Crippen molar-refractivity contribution < 1.29 is 24.5 Å². The molecule has 2 rings (SSSR count). The van der Waals surface area contributed by atoms with Crippen LogP contribution < -0.4 is 10.1 Å². The van der Waals surface area contributed by atoms with Gasteiger partial charge in [-0.15, -0.1) is 5.10 Å². The van der Waals surface area contributed by atoms with Crippen LogP contribution in [0, 0.1) is 0 Å². The smallest absolute Gasteiger partial charge is 0.305 e. The Balaban J connectivity index is 2.02. The molecule has 1 heterocycles. The zero-order valence-corrected chi connectivity index (χ0v) is 13.0. The number of aromatic hydroxyl groups is 1. The van der Waals surface area contributed by atoms with E-state index in [4.69, 9.17) is 9.84 Å². The molecule has 122 valence electrons. The number of carbonyl (C=O) groups excluding carboxylic acids is 1. The first-order chi connectivity index (χ1) is 11.0. The second-order valence-corrected chi connectivity index (χ2v) is 5.69. The summed E-state index contributed by atoms with van der Waals surface area (Å²) in [5.41, 5.74) is 0.659. The molecule has 8 nitrogen and oxygen atoms in total. The third kappa shape index (κ3) is 4.71. The van der Waals surface area contributed by atoms with Gasteiger partial charge in [0.1, 0.15) is 5.25 Å². The molecule has 0 aromatic heterocycles. The minimum Gasteiger partial charge on any atom is -0.504 e. The number of nitrogens with one attached hydrogen (secondary N) is 1. The number of nitrogens with zero attached hydrogens (tertiary/aromatic N) is 2. The van der Waals surface area contributed by atoms with Gasteiger partial charge in [-0.05, 0) is 30.7 Å². The second kappa shape index (κ2) is 7.63. The number of hydrogen-bond donors (Lipinski definition) is 3. The van der Waals surface area contributed by atoms with E-state index in [0.29, 0.717) is 17.9 Å². The number of amides is 1. The number of amidine groups is 1. The Hall–Kier alpha value is -2.55. The van der Waals surface area contributed by atoms with Crippen molar-refractivity contribution >= 4 is 35.0 Å². The summed E-state index contributed by atoms with van der Waals surface area (Å²) in [5, 5.41) is 28.0. The monoisotopic (exact) mass is 337 g/mol. The summed E-state index contributed by atoms with van der Waals surface area (Å²) in [5.74, 6) is -1.07. The molecule has 1 aromatic carbocycles. The van der Waals surface area contributed by atoms with Gasteiger partial charge in [0.2, 0.25) is 5.91 Å². The Bertz CT molecular complexity index is 674. The SMILES string of the molecule is CCOc1cc(/C=N\N=C2/NC(=O)C(CC(=O)O)S2)ccc1O. The number of phenolic OH excluding ortho intramolecular Hbond substituents is 1. The molecule has 1 aliphatic rings. The quantitative estimate of drug-likeness (QED) is 0.529. The number of carbonyl (C=O) groups is 2. The van der Waals surface area contributed by atoms with E-state index in [-0.39, 0.29) is 17.3 Å². The van der Waals surface area contributed by atoms with E-state index in [1.54, 1.807) is 19.1 Å². The average Bonchev–Trinajstić information content (AvgIpc) is 2.82. The molecule has 1 fully saturated rings. The van der Waals surface area contributed by atoms with Gasteiger partial charge in [-0.1, -0.05) is 11.8 Å². The first-order valence-corrected chi connectivity index (χ1v) is 7.63. The van der Waals surface area contributed by atoms with Crippen LogP contribution >= 0.6 is 11.8 Å². The summed E-state index contributed by atoms with van der Waals surface area (Å²) < 4.78 is 5.26. The summed E-state index contributed by atoms with van der Waals surface area (Å²) in [6.45, 7) is 2.23. The highest BCUT2D eigenvalue weighted by Gasteiger charge is 2.32. The molecule has 1 aliphatic heterocycles. The molecular formula is C14H15N3O5S. The van der Waals surface area contributed by atoms with E-state index in [2.05, 4.69) is 15.5 Å². The van der Waals surface area contributed by atoms with Gasteiger partial charge in [-0.25, -0.2) is 0 Å². The first kappa shape index (κ1) is 16.8. The molecule has 0 spiro atoms. The Morgan fingerprint density at radius 3 is 3.00 bits per heavy atom. The number of benzene rings is 1. The zero-order valence-electron chi connectivity index (χ0n) is 12.2. The first-order valence-electron chi connectivity index (χ1n) is 6.75.